The third kappa shape index (κ3) is 5.89. The molecule has 10 heteroatoms. The molecule has 0 aliphatic carbocycles. The van der Waals surface area contributed by atoms with Crippen LogP contribution in [0.3, 0.4) is 0 Å². The summed E-state index contributed by atoms with van der Waals surface area (Å²) in [6.07, 6.45) is -4.92. The molecule has 6 nitrogen and oxygen atoms in total. The van der Waals surface area contributed by atoms with E-state index in [-0.39, 0.29) is 36.6 Å². The van der Waals surface area contributed by atoms with Gasteiger partial charge in [-0.3, -0.25) is 4.57 Å². The minimum absolute atomic E-state index is 0.124. The molecule has 0 saturated carbocycles. The molecule has 3 N–H and O–H groups in total. The van der Waals surface area contributed by atoms with Gasteiger partial charge in [-0.25, -0.2) is 0 Å². The second kappa shape index (κ2) is 9.32. The van der Waals surface area contributed by atoms with Crippen molar-refractivity contribution in [2.45, 2.75) is 20.0 Å². The number of para-hydroxylation sites is 1. The SMILES string of the molecule is CCOP(=O)(CNc1cc(Oc2ccccc2)c(C(F)(F)F)cc1N)OCC. The van der Waals surface area contributed by atoms with Crippen LogP contribution in [-0.2, 0) is 19.8 Å². The fraction of sp³-hybridized carbons (Fsp3) is 0.333. The van der Waals surface area contributed by atoms with Crippen molar-refractivity contribution in [3.05, 3.63) is 48.0 Å². The van der Waals surface area contributed by atoms with E-state index in [9.17, 15) is 17.7 Å². The van der Waals surface area contributed by atoms with Gasteiger partial charge in [-0.2, -0.15) is 13.2 Å². The number of anilines is 2. The van der Waals surface area contributed by atoms with Crippen molar-refractivity contribution in [3.8, 4) is 11.5 Å². The van der Waals surface area contributed by atoms with Gasteiger partial charge in [0, 0.05) is 6.07 Å². The van der Waals surface area contributed by atoms with E-state index >= 15 is 0 Å². The Hall–Kier alpha value is -2.22. The van der Waals surface area contributed by atoms with Crippen molar-refractivity contribution in [2.24, 2.45) is 0 Å². The zero-order valence-corrected chi connectivity index (χ0v) is 16.3. The first-order chi connectivity index (χ1) is 13.2. The number of hydrogen-bond acceptors (Lipinski definition) is 6. The molecule has 2 rings (SSSR count). The zero-order chi connectivity index (χ0) is 20.8. The van der Waals surface area contributed by atoms with Crippen LogP contribution in [0.4, 0.5) is 24.5 Å². The van der Waals surface area contributed by atoms with E-state index in [1.165, 1.54) is 12.1 Å². The summed E-state index contributed by atoms with van der Waals surface area (Å²) in [7, 11) is -3.46. The van der Waals surface area contributed by atoms with E-state index in [2.05, 4.69) is 5.32 Å². The number of alkyl halides is 3. The monoisotopic (exact) mass is 418 g/mol. The Bertz CT molecular complexity index is 822. The molecule has 2 aromatic carbocycles. The molecular formula is C18H22F3N2O4P. The maximum absolute atomic E-state index is 13.4. The van der Waals surface area contributed by atoms with E-state index in [0.29, 0.717) is 0 Å². The first-order valence-electron chi connectivity index (χ1n) is 8.54. The van der Waals surface area contributed by atoms with Gasteiger partial charge in [0.25, 0.3) is 0 Å². The Morgan fingerprint density at radius 1 is 1.07 bits per heavy atom. The van der Waals surface area contributed by atoms with Gasteiger partial charge in [0.05, 0.1) is 24.6 Å². The molecule has 0 spiro atoms. The Morgan fingerprint density at radius 3 is 2.21 bits per heavy atom. The predicted octanol–water partition coefficient (Wildman–Crippen LogP) is 5.72. The van der Waals surface area contributed by atoms with Crippen molar-refractivity contribution in [1.29, 1.82) is 0 Å². The molecule has 0 aliphatic rings. The molecule has 2 aromatic rings. The molecule has 0 aromatic heterocycles. The fourth-order valence-electron chi connectivity index (χ4n) is 2.38. The summed E-state index contributed by atoms with van der Waals surface area (Å²) in [6, 6.07) is 9.94. The lowest BCUT2D eigenvalue weighted by Crippen LogP contribution is -2.12. The largest absolute Gasteiger partial charge is 0.457 e. The molecule has 0 atom stereocenters. The molecule has 154 valence electrons. The van der Waals surface area contributed by atoms with Gasteiger partial charge < -0.3 is 24.8 Å². The molecule has 0 aliphatic heterocycles. The van der Waals surface area contributed by atoms with E-state index in [1.54, 1.807) is 32.0 Å². The number of ether oxygens (including phenoxy) is 1. The minimum Gasteiger partial charge on any atom is -0.457 e. The predicted molar refractivity (Wildman–Crippen MR) is 102 cm³/mol. The molecule has 0 fully saturated rings. The topological polar surface area (TPSA) is 82.8 Å². The van der Waals surface area contributed by atoms with E-state index < -0.39 is 25.1 Å². The highest BCUT2D eigenvalue weighted by molar-refractivity contribution is 7.53. The van der Waals surface area contributed by atoms with Gasteiger partial charge in [-0.15, -0.1) is 0 Å². The van der Waals surface area contributed by atoms with Gasteiger partial charge >= 0.3 is 13.8 Å². The highest BCUT2D eigenvalue weighted by Crippen LogP contribution is 2.48. The maximum atomic E-state index is 13.4. The molecule has 0 heterocycles. The van der Waals surface area contributed by atoms with Crippen LogP contribution in [0.5, 0.6) is 11.5 Å². The third-order valence-corrected chi connectivity index (χ3v) is 5.39. The standard InChI is InChI=1S/C18H22F3N2O4P/c1-3-25-28(24,26-4-2)12-23-16-11-17(27-13-8-6-5-7-9-13)14(10-15(16)22)18(19,20)21/h5-11,23H,3-4,12,22H2,1-2H3. The maximum Gasteiger partial charge on any atom is 0.420 e. The normalized spacial score (nSPS) is 12.0. The lowest BCUT2D eigenvalue weighted by molar-refractivity contribution is -0.138. The van der Waals surface area contributed by atoms with Crippen LogP contribution in [0.1, 0.15) is 19.4 Å². The van der Waals surface area contributed by atoms with E-state index in [0.717, 1.165) is 12.1 Å². The number of hydrogen-bond donors (Lipinski definition) is 2. The molecule has 0 bridgehead atoms. The van der Waals surface area contributed by atoms with Crippen molar-refractivity contribution in [3.63, 3.8) is 0 Å². The highest BCUT2D eigenvalue weighted by atomic mass is 31.2. The average Bonchev–Trinajstić information content (AvgIpc) is 2.62. The van der Waals surface area contributed by atoms with E-state index in [4.69, 9.17) is 19.5 Å². The van der Waals surface area contributed by atoms with Crippen LogP contribution in [0, 0.1) is 0 Å². The first kappa shape index (κ1) is 22.1. The second-order valence-corrected chi connectivity index (χ2v) is 7.68. The molecule has 0 radical (unpaired) electrons. The number of nitrogen functional groups attached to an aromatic ring is 1. The summed E-state index contributed by atoms with van der Waals surface area (Å²) in [5, 5.41) is 2.74. The zero-order valence-electron chi connectivity index (χ0n) is 15.5. The smallest absolute Gasteiger partial charge is 0.420 e. The molecule has 28 heavy (non-hydrogen) atoms. The minimum atomic E-state index is -4.66. The number of halogens is 3. The lowest BCUT2D eigenvalue weighted by atomic mass is 10.1. The molecule has 0 amide bonds. The Labute approximate surface area is 161 Å². The summed E-state index contributed by atoms with van der Waals surface area (Å²) in [5.41, 5.74) is 4.70. The van der Waals surface area contributed by atoms with E-state index in [1.807, 2.05) is 0 Å². The third-order valence-electron chi connectivity index (χ3n) is 3.54. The summed E-state index contributed by atoms with van der Waals surface area (Å²) in [5.74, 6) is -0.198. The Balaban J connectivity index is 2.35. The molecule has 0 saturated heterocycles. The number of rotatable bonds is 9. The van der Waals surface area contributed by atoms with Gasteiger partial charge in [0.2, 0.25) is 0 Å². The van der Waals surface area contributed by atoms with Gasteiger partial charge in [-0.1, -0.05) is 18.2 Å². The lowest BCUT2D eigenvalue weighted by Gasteiger charge is -2.20. The second-order valence-electron chi connectivity index (χ2n) is 5.63. The van der Waals surface area contributed by atoms with Crippen molar-refractivity contribution >= 4 is 19.0 Å². The summed E-state index contributed by atoms with van der Waals surface area (Å²) in [4.78, 5) is 0. The number of benzene rings is 2. The number of nitrogens with one attached hydrogen (secondary N) is 1. The summed E-state index contributed by atoms with van der Waals surface area (Å²) < 4.78 is 68.5. The van der Waals surface area contributed by atoms with Crippen LogP contribution >= 0.6 is 7.60 Å². The first-order valence-corrected chi connectivity index (χ1v) is 10.3. The van der Waals surface area contributed by atoms with Crippen molar-refractivity contribution in [1.82, 2.24) is 0 Å². The van der Waals surface area contributed by atoms with Gasteiger partial charge in [0.15, 0.2) is 0 Å². The molecular weight excluding hydrogens is 396 g/mol. The van der Waals surface area contributed by atoms with Gasteiger partial charge in [-0.05, 0) is 32.0 Å². The average molecular weight is 418 g/mol. The summed E-state index contributed by atoms with van der Waals surface area (Å²) in [6.45, 7) is 3.63. The van der Waals surface area contributed by atoms with Crippen LogP contribution < -0.4 is 15.8 Å². The highest BCUT2D eigenvalue weighted by Gasteiger charge is 2.36. The van der Waals surface area contributed by atoms with Crippen LogP contribution in [0.2, 0.25) is 0 Å². The number of nitrogens with two attached hydrogens (primary N) is 1. The fourth-order valence-corrected chi connectivity index (χ4v) is 3.78. The summed E-state index contributed by atoms with van der Waals surface area (Å²) >= 11 is 0. The quantitative estimate of drug-likeness (QED) is 0.401. The van der Waals surface area contributed by atoms with Crippen LogP contribution in [0.25, 0.3) is 0 Å². The van der Waals surface area contributed by atoms with Crippen molar-refractivity contribution < 1.29 is 31.5 Å². The molecule has 0 unspecified atom stereocenters. The van der Waals surface area contributed by atoms with Gasteiger partial charge in [0.1, 0.15) is 23.3 Å². The Morgan fingerprint density at radius 2 is 1.68 bits per heavy atom. The van der Waals surface area contributed by atoms with Crippen LogP contribution in [-0.4, -0.2) is 19.5 Å². The van der Waals surface area contributed by atoms with Crippen LogP contribution in [0.15, 0.2) is 42.5 Å². The van der Waals surface area contributed by atoms with Crippen molar-refractivity contribution in [2.75, 3.05) is 30.6 Å². The Kier molecular flexibility index (Phi) is 7.35.